The van der Waals surface area contributed by atoms with E-state index in [2.05, 4.69) is 39.5 Å². The Morgan fingerprint density at radius 1 is 0.343 bits per heavy atom. The third-order valence-electron chi connectivity index (χ3n) is 8.31. The van der Waals surface area contributed by atoms with E-state index in [4.69, 9.17) is 0 Å². The molecule has 0 aromatic rings. The zero-order valence-electron chi connectivity index (χ0n) is 25.7. The number of unbranched alkanes of at least 4 members (excludes halogenated alkanes) is 22. The Morgan fingerprint density at radius 2 is 0.600 bits per heavy atom. The first-order chi connectivity index (χ1) is 17.1. The van der Waals surface area contributed by atoms with Crippen molar-refractivity contribution in [2.45, 2.75) is 207 Å². The molecule has 1 nitrogen and oxygen atoms in total. The van der Waals surface area contributed by atoms with Gasteiger partial charge in [-0.15, -0.1) is 0 Å². The van der Waals surface area contributed by atoms with E-state index in [0.29, 0.717) is 5.54 Å². The molecule has 0 saturated carbocycles. The topological polar surface area (TPSA) is 3.24 Å². The summed E-state index contributed by atoms with van der Waals surface area (Å²) in [6.45, 7) is 14.7. The molecule has 0 N–H and O–H groups in total. The minimum absolute atomic E-state index is 0.379. The van der Waals surface area contributed by atoms with E-state index < -0.39 is 0 Å². The van der Waals surface area contributed by atoms with E-state index in [0.717, 1.165) is 0 Å². The second-order valence-corrected chi connectivity index (χ2v) is 12.3. The quantitative estimate of drug-likeness (QED) is 0.0936. The summed E-state index contributed by atoms with van der Waals surface area (Å²) in [5.74, 6) is 0. The lowest BCUT2D eigenvalue weighted by atomic mass is 9.92. The second-order valence-electron chi connectivity index (χ2n) is 12.3. The molecular formula is C34H71N. The van der Waals surface area contributed by atoms with Gasteiger partial charge in [0.25, 0.3) is 0 Å². The van der Waals surface area contributed by atoms with Crippen LogP contribution in [0.5, 0.6) is 0 Å². The Hall–Kier alpha value is -0.0400. The van der Waals surface area contributed by atoms with Crippen LogP contribution in [0, 0.1) is 0 Å². The molecule has 0 aliphatic heterocycles. The largest absolute Gasteiger partial charge is 0.298 e. The molecule has 0 radical (unpaired) electrons. The predicted octanol–water partition coefficient (Wildman–Crippen LogP) is 12.3. The summed E-state index contributed by atoms with van der Waals surface area (Å²) in [7, 11) is 0. The first-order valence-electron chi connectivity index (χ1n) is 16.8. The predicted molar refractivity (Wildman–Crippen MR) is 163 cm³/mol. The second kappa shape index (κ2) is 27.0. The van der Waals surface area contributed by atoms with Crippen molar-refractivity contribution in [3.8, 4) is 0 Å². The van der Waals surface area contributed by atoms with Gasteiger partial charge in [-0.05, 0) is 46.2 Å². The van der Waals surface area contributed by atoms with Crippen LogP contribution in [0.3, 0.4) is 0 Å². The summed E-state index contributed by atoms with van der Waals surface area (Å²) >= 11 is 0. The van der Waals surface area contributed by atoms with Crippen LogP contribution in [0.25, 0.3) is 0 Å². The fourth-order valence-electron chi connectivity index (χ4n) is 5.62. The Balaban J connectivity index is 4.15. The minimum Gasteiger partial charge on any atom is -0.298 e. The highest BCUT2D eigenvalue weighted by Gasteiger charge is 2.25. The summed E-state index contributed by atoms with van der Waals surface area (Å²) in [4.78, 5) is 2.89. The van der Waals surface area contributed by atoms with Gasteiger partial charge >= 0.3 is 0 Å². The van der Waals surface area contributed by atoms with Crippen LogP contribution in [0.2, 0.25) is 0 Å². The van der Waals surface area contributed by atoms with Gasteiger partial charge in [-0.3, -0.25) is 4.90 Å². The fourth-order valence-corrected chi connectivity index (χ4v) is 5.62. The van der Waals surface area contributed by atoms with E-state index in [1.807, 2.05) is 0 Å². The van der Waals surface area contributed by atoms with Gasteiger partial charge < -0.3 is 0 Å². The first kappa shape index (κ1) is 35.0. The molecule has 0 bridgehead atoms. The van der Waals surface area contributed by atoms with Crippen molar-refractivity contribution in [3.63, 3.8) is 0 Å². The monoisotopic (exact) mass is 494 g/mol. The first-order valence-corrected chi connectivity index (χ1v) is 16.8. The smallest absolute Gasteiger partial charge is 0.0153 e. The standard InChI is InChI=1S/C34H71N/c1-6-9-12-15-18-19-20-21-22-25-28-31-34(4,5)35(32-29-26-23-16-13-10-7-2)33-30-27-24-17-14-11-8-3/h6-33H2,1-5H3. The Labute approximate surface area is 225 Å². The molecule has 0 aromatic carbocycles. The van der Waals surface area contributed by atoms with Crippen molar-refractivity contribution in [2.24, 2.45) is 0 Å². The maximum atomic E-state index is 2.89. The van der Waals surface area contributed by atoms with Crippen LogP contribution in [0.4, 0.5) is 0 Å². The maximum Gasteiger partial charge on any atom is 0.0153 e. The zero-order valence-corrected chi connectivity index (χ0v) is 25.7. The zero-order chi connectivity index (χ0) is 25.9. The van der Waals surface area contributed by atoms with Gasteiger partial charge in [0, 0.05) is 5.54 Å². The van der Waals surface area contributed by atoms with Crippen LogP contribution < -0.4 is 0 Å². The molecule has 0 atom stereocenters. The summed E-state index contributed by atoms with van der Waals surface area (Å²) < 4.78 is 0. The number of hydrogen-bond donors (Lipinski definition) is 0. The van der Waals surface area contributed by atoms with Gasteiger partial charge in [-0.2, -0.15) is 0 Å². The van der Waals surface area contributed by atoms with Gasteiger partial charge in [0.1, 0.15) is 0 Å². The van der Waals surface area contributed by atoms with Gasteiger partial charge in [0.2, 0.25) is 0 Å². The van der Waals surface area contributed by atoms with Crippen LogP contribution in [0.15, 0.2) is 0 Å². The Kier molecular flexibility index (Phi) is 27.0. The molecule has 0 unspecified atom stereocenters. The molecule has 0 fully saturated rings. The van der Waals surface area contributed by atoms with E-state index in [-0.39, 0.29) is 0 Å². The van der Waals surface area contributed by atoms with Crippen molar-refractivity contribution < 1.29 is 0 Å². The number of nitrogens with zero attached hydrogens (tertiary/aromatic N) is 1. The van der Waals surface area contributed by atoms with E-state index in [1.54, 1.807) is 0 Å². The lowest BCUT2D eigenvalue weighted by molar-refractivity contribution is 0.102. The highest BCUT2D eigenvalue weighted by Crippen LogP contribution is 2.25. The van der Waals surface area contributed by atoms with Crippen molar-refractivity contribution in [2.75, 3.05) is 13.1 Å². The third-order valence-corrected chi connectivity index (χ3v) is 8.31. The molecular weight excluding hydrogens is 422 g/mol. The van der Waals surface area contributed by atoms with Crippen LogP contribution in [-0.2, 0) is 0 Å². The third kappa shape index (κ3) is 24.1. The van der Waals surface area contributed by atoms with Gasteiger partial charge in [-0.25, -0.2) is 0 Å². The lowest BCUT2D eigenvalue weighted by Crippen LogP contribution is -2.45. The SMILES string of the molecule is CCCCCCCCCCCCCC(C)(C)N(CCCCCCCCC)CCCCCCCCC. The number of rotatable bonds is 29. The fraction of sp³-hybridized carbons (Fsp3) is 1.00. The molecule has 212 valence electrons. The average Bonchev–Trinajstić information content (AvgIpc) is 2.84. The van der Waals surface area contributed by atoms with E-state index >= 15 is 0 Å². The van der Waals surface area contributed by atoms with E-state index in [1.165, 1.54) is 180 Å². The molecule has 0 heterocycles. The van der Waals surface area contributed by atoms with Crippen LogP contribution in [-0.4, -0.2) is 23.5 Å². The molecule has 0 aliphatic rings. The van der Waals surface area contributed by atoms with Gasteiger partial charge in [0.15, 0.2) is 0 Å². The van der Waals surface area contributed by atoms with Crippen LogP contribution in [0.1, 0.15) is 202 Å². The number of hydrogen-bond acceptors (Lipinski definition) is 1. The Morgan fingerprint density at radius 3 is 0.914 bits per heavy atom. The summed E-state index contributed by atoms with van der Waals surface area (Å²) in [5.41, 5.74) is 0.379. The van der Waals surface area contributed by atoms with Crippen molar-refractivity contribution in [1.82, 2.24) is 4.90 Å². The molecule has 0 spiro atoms. The van der Waals surface area contributed by atoms with Gasteiger partial charge in [-0.1, -0.05) is 168 Å². The van der Waals surface area contributed by atoms with Gasteiger partial charge in [0.05, 0.1) is 0 Å². The average molecular weight is 494 g/mol. The molecule has 0 amide bonds. The summed E-state index contributed by atoms with van der Waals surface area (Å²) in [5, 5.41) is 0. The highest BCUT2D eigenvalue weighted by molar-refractivity contribution is 4.81. The summed E-state index contributed by atoms with van der Waals surface area (Å²) in [6, 6.07) is 0. The molecule has 0 saturated heterocycles. The van der Waals surface area contributed by atoms with Crippen molar-refractivity contribution in [3.05, 3.63) is 0 Å². The van der Waals surface area contributed by atoms with Crippen LogP contribution >= 0.6 is 0 Å². The maximum absolute atomic E-state index is 2.89. The summed E-state index contributed by atoms with van der Waals surface area (Å²) in [6.07, 6.45) is 37.3. The normalized spacial score (nSPS) is 12.2. The molecule has 0 aromatic heterocycles. The molecule has 0 rings (SSSR count). The molecule has 1 heteroatoms. The Bertz CT molecular complexity index is 370. The molecule has 35 heavy (non-hydrogen) atoms. The van der Waals surface area contributed by atoms with Crippen molar-refractivity contribution >= 4 is 0 Å². The van der Waals surface area contributed by atoms with Crippen molar-refractivity contribution in [1.29, 1.82) is 0 Å². The lowest BCUT2D eigenvalue weighted by Gasteiger charge is -2.39. The highest BCUT2D eigenvalue weighted by atomic mass is 15.2. The van der Waals surface area contributed by atoms with E-state index in [9.17, 15) is 0 Å². The minimum atomic E-state index is 0.379. The molecule has 0 aliphatic carbocycles.